The van der Waals surface area contributed by atoms with E-state index >= 15 is 0 Å². The van der Waals surface area contributed by atoms with Crippen LogP contribution in [0.15, 0.2) is 72.8 Å². The van der Waals surface area contributed by atoms with Gasteiger partial charge in [-0.15, -0.1) is 0 Å². The highest BCUT2D eigenvalue weighted by Gasteiger charge is 2.24. The number of amides is 2. The maximum atomic E-state index is 13.9. The van der Waals surface area contributed by atoms with Crippen LogP contribution in [0.2, 0.25) is 0 Å². The van der Waals surface area contributed by atoms with Crippen molar-refractivity contribution in [1.82, 2.24) is 15.5 Å². The molecule has 2 amide bonds. The summed E-state index contributed by atoms with van der Waals surface area (Å²) in [5.41, 5.74) is 1.99. The lowest BCUT2D eigenvalue weighted by atomic mass is 9.99. The van der Waals surface area contributed by atoms with Crippen LogP contribution >= 0.6 is 0 Å². The fourth-order valence-electron chi connectivity index (χ4n) is 4.45. The number of aliphatic hydroxyl groups is 1. The summed E-state index contributed by atoms with van der Waals surface area (Å²) < 4.78 is 27.7. The van der Waals surface area contributed by atoms with Crippen LogP contribution in [0, 0.1) is 11.6 Å². The predicted octanol–water partition coefficient (Wildman–Crippen LogP) is 4.72. The van der Waals surface area contributed by atoms with Gasteiger partial charge in [0, 0.05) is 43.4 Å². The molecule has 0 radical (unpaired) electrons. The second kappa shape index (κ2) is 15.1. The Morgan fingerprint density at radius 3 is 2.13 bits per heavy atom. The minimum Gasteiger partial charge on any atom is -0.390 e. The molecule has 0 spiro atoms. The summed E-state index contributed by atoms with van der Waals surface area (Å²) in [7, 11) is 0. The van der Waals surface area contributed by atoms with Crippen molar-refractivity contribution < 1.29 is 23.5 Å². The summed E-state index contributed by atoms with van der Waals surface area (Å²) >= 11 is 0. The number of nitrogens with one attached hydrogen (secondary N) is 2. The zero-order chi connectivity index (χ0) is 28.2. The molecular weight excluding hydrogens is 500 g/mol. The first kappa shape index (κ1) is 29.9. The van der Waals surface area contributed by atoms with Crippen LogP contribution in [-0.4, -0.2) is 53.6 Å². The van der Waals surface area contributed by atoms with Gasteiger partial charge < -0.3 is 20.6 Å². The first-order valence-corrected chi connectivity index (χ1v) is 13.4. The number of rotatable bonds is 14. The number of hydrogen-bond acceptors (Lipinski definition) is 4. The molecule has 2 atom stereocenters. The van der Waals surface area contributed by atoms with Crippen LogP contribution in [0.25, 0.3) is 0 Å². The van der Waals surface area contributed by atoms with Crippen LogP contribution in [0.1, 0.15) is 58.5 Å². The average Bonchev–Trinajstić information content (AvgIpc) is 2.92. The molecule has 3 aromatic rings. The zero-order valence-electron chi connectivity index (χ0n) is 22.5. The van der Waals surface area contributed by atoms with E-state index in [1.54, 1.807) is 23.1 Å². The van der Waals surface area contributed by atoms with Crippen LogP contribution in [0.4, 0.5) is 8.78 Å². The molecule has 0 heterocycles. The van der Waals surface area contributed by atoms with Gasteiger partial charge in [0.2, 0.25) is 0 Å². The van der Waals surface area contributed by atoms with Gasteiger partial charge >= 0.3 is 0 Å². The Labute approximate surface area is 229 Å². The number of aliphatic hydroxyl groups excluding tert-OH is 1. The van der Waals surface area contributed by atoms with E-state index in [-0.39, 0.29) is 24.4 Å². The molecule has 3 N–H and O–H groups in total. The van der Waals surface area contributed by atoms with Crippen LogP contribution in [0.3, 0.4) is 0 Å². The van der Waals surface area contributed by atoms with Gasteiger partial charge in [0.25, 0.3) is 11.8 Å². The van der Waals surface area contributed by atoms with Crippen LogP contribution in [-0.2, 0) is 13.0 Å². The lowest BCUT2D eigenvalue weighted by Crippen LogP contribution is -2.48. The molecule has 3 rings (SSSR count). The van der Waals surface area contributed by atoms with Gasteiger partial charge in [-0.1, -0.05) is 50.2 Å². The first-order chi connectivity index (χ1) is 18.8. The van der Waals surface area contributed by atoms with E-state index in [0.717, 1.165) is 24.5 Å². The Kier molecular flexibility index (Phi) is 11.6. The Morgan fingerprint density at radius 1 is 0.846 bits per heavy atom. The van der Waals surface area contributed by atoms with Gasteiger partial charge in [0.15, 0.2) is 0 Å². The summed E-state index contributed by atoms with van der Waals surface area (Å²) in [6.07, 6.45) is 0.599. The maximum absolute atomic E-state index is 13.9. The number of halogens is 2. The number of carbonyl (C=O) groups excluding carboxylic acids is 2. The van der Waals surface area contributed by atoms with Crippen LogP contribution < -0.4 is 10.6 Å². The summed E-state index contributed by atoms with van der Waals surface area (Å²) in [6, 6.07) is 18.4. The molecule has 0 fully saturated rings. The van der Waals surface area contributed by atoms with Crippen molar-refractivity contribution >= 4 is 11.8 Å². The van der Waals surface area contributed by atoms with E-state index in [9.17, 15) is 23.5 Å². The van der Waals surface area contributed by atoms with Crippen molar-refractivity contribution in [2.24, 2.45) is 0 Å². The minimum atomic E-state index is -1.06. The molecule has 0 saturated carbocycles. The highest BCUT2D eigenvalue weighted by molar-refractivity contribution is 5.99. The average molecular weight is 538 g/mol. The number of nitrogens with zero attached hydrogens (tertiary/aromatic N) is 1. The zero-order valence-corrected chi connectivity index (χ0v) is 22.5. The van der Waals surface area contributed by atoms with E-state index < -0.39 is 29.7 Å². The fourth-order valence-corrected chi connectivity index (χ4v) is 4.45. The largest absolute Gasteiger partial charge is 0.390 e. The summed E-state index contributed by atoms with van der Waals surface area (Å²) in [6.45, 7) is 5.90. The van der Waals surface area contributed by atoms with Crippen molar-refractivity contribution in [3.63, 3.8) is 0 Å². The van der Waals surface area contributed by atoms with E-state index in [4.69, 9.17) is 0 Å². The number of carbonyl (C=O) groups is 2. The molecule has 0 bridgehead atoms. The number of hydrogen-bond donors (Lipinski definition) is 3. The second-order valence-corrected chi connectivity index (χ2v) is 9.62. The Balaban J connectivity index is 1.76. The minimum absolute atomic E-state index is 0.00794. The Bertz CT molecular complexity index is 1200. The summed E-state index contributed by atoms with van der Waals surface area (Å²) in [5, 5.41) is 17.0. The maximum Gasteiger partial charge on any atom is 0.253 e. The molecule has 0 unspecified atom stereocenters. The van der Waals surface area contributed by atoms with Gasteiger partial charge in [-0.2, -0.15) is 0 Å². The standard InChI is InChI=1S/C31H37F2N3O3/c1-3-13-36(14-4-2)31(39)25-12-8-11-24(18-25)30(38)35-28(17-23-15-26(32)19-27(33)16-23)29(37)21-34-20-22-9-6-5-7-10-22/h5-12,15-16,18-19,28-29,34,37H,3-4,13-14,17,20-21H2,1-2H3,(H,35,38)/t28-,29+/m0/s1. The molecule has 8 heteroatoms. The molecular formula is C31H37F2N3O3. The lowest BCUT2D eigenvalue weighted by Gasteiger charge is -2.25. The molecule has 3 aromatic carbocycles. The van der Waals surface area contributed by atoms with Crippen molar-refractivity contribution in [2.45, 2.75) is 51.8 Å². The van der Waals surface area contributed by atoms with Gasteiger partial charge in [0.1, 0.15) is 11.6 Å². The third kappa shape index (κ3) is 9.26. The van der Waals surface area contributed by atoms with Gasteiger partial charge in [-0.25, -0.2) is 8.78 Å². The third-order valence-corrected chi connectivity index (χ3v) is 6.33. The van der Waals surface area contributed by atoms with E-state index in [1.165, 1.54) is 18.2 Å². The molecule has 0 saturated heterocycles. The predicted molar refractivity (Wildman–Crippen MR) is 148 cm³/mol. The molecule has 0 aromatic heterocycles. The summed E-state index contributed by atoms with van der Waals surface area (Å²) in [5.74, 6) is -2.11. The van der Waals surface area contributed by atoms with Crippen molar-refractivity contribution in [3.05, 3.63) is 107 Å². The molecule has 0 aliphatic carbocycles. The molecule has 39 heavy (non-hydrogen) atoms. The van der Waals surface area contributed by atoms with E-state index in [0.29, 0.717) is 30.8 Å². The van der Waals surface area contributed by atoms with Crippen molar-refractivity contribution in [3.8, 4) is 0 Å². The van der Waals surface area contributed by atoms with Gasteiger partial charge in [0.05, 0.1) is 12.1 Å². The molecule has 208 valence electrons. The van der Waals surface area contributed by atoms with E-state index in [2.05, 4.69) is 10.6 Å². The Hall–Kier alpha value is -3.62. The van der Waals surface area contributed by atoms with Gasteiger partial charge in [-0.05, 0) is 60.7 Å². The Morgan fingerprint density at radius 2 is 1.49 bits per heavy atom. The molecule has 0 aliphatic rings. The monoisotopic (exact) mass is 537 g/mol. The van der Waals surface area contributed by atoms with Crippen molar-refractivity contribution in [1.29, 1.82) is 0 Å². The fraction of sp³-hybridized carbons (Fsp3) is 0.355. The topological polar surface area (TPSA) is 81.7 Å². The highest BCUT2D eigenvalue weighted by atomic mass is 19.1. The third-order valence-electron chi connectivity index (χ3n) is 6.33. The van der Waals surface area contributed by atoms with E-state index in [1.807, 2.05) is 44.2 Å². The van der Waals surface area contributed by atoms with Crippen LogP contribution in [0.5, 0.6) is 0 Å². The molecule has 6 nitrogen and oxygen atoms in total. The SMILES string of the molecule is CCCN(CCC)C(=O)c1cccc(C(=O)N[C@@H](Cc2cc(F)cc(F)c2)[C@H](O)CNCc2ccccc2)c1. The van der Waals surface area contributed by atoms with Gasteiger partial charge in [-0.3, -0.25) is 9.59 Å². The molecule has 0 aliphatic heterocycles. The first-order valence-electron chi connectivity index (χ1n) is 13.4. The smallest absolute Gasteiger partial charge is 0.253 e. The van der Waals surface area contributed by atoms with Crippen molar-refractivity contribution in [2.75, 3.05) is 19.6 Å². The highest BCUT2D eigenvalue weighted by Crippen LogP contribution is 2.14. The second-order valence-electron chi connectivity index (χ2n) is 9.62. The summed E-state index contributed by atoms with van der Waals surface area (Å²) in [4.78, 5) is 28.1. The quantitative estimate of drug-likeness (QED) is 0.278. The lowest BCUT2D eigenvalue weighted by molar-refractivity contribution is 0.0755. The number of benzene rings is 3. The normalized spacial score (nSPS) is 12.5.